The Hall–Kier alpha value is -4.14. The van der Waals surface area contributed by atoms with Gasteiger partial charge in [-0.3, -0.25) is 19.3 Å². The normalized spacial score (nSPS) is 27.1. The van der Waals surface area contributed by atoms with Gasteiger partial charge in [-0.1, -0.05) is 78.9 Å². The van der Waals surface area contributed by atoms with Crippen molar-refractivity contribution in [3.8, 4) is 0 Å². The third kappa shape index (κ3) is 7.77. The van der Waals surface area contributed by atoms with Crippen LogP contribution in [-0.4, -0.2) is 98.6 Å². The van der Waals surface area contributed by atoms with Crippen molar-refractivity contribution in [3.05, 3.63) is 108 Å². The summed E-state index contributed by atoms with van der Waals surface area (Å²) < 4.78 is 5.26. The van der Waals surface area contributed by atoms with Crippen molar-refractivity contribution in [2.45, 2.75) is 69.9 Å². The summed E-state index contributed by atoms with van der Waals surface area (Å²) in [6.07, 6.45) is 0.642. The Morgan fingerprint density at radius 3 is 2.12 bits per heavy atom. The number of rotatable bonds is 11. The number of aromatic amines is 1. The summed E-state index contributed by atoms with van der Waals surface area (Å²) in [4.78, 5) is 39.9. The van der Waals surface area contributed by atoms with Crippen molar-refractivity contribution in [2.24, 2.45) is 11.8 Å². The van der Waals surface area contributed by atoms with Crippen molar-refractivity contribution in [1.29, 1.82) is 0 Å². The van der Waals surface area contributed by atoms with Crippen LogP contribution in [0.3, 0.4) is 0 Å². The van der Waals surface area contributed by atoms with E-state index in [1.54, 1.807) is 17.1 Å². The molecular formula is C38H46N4O8. The van der Waals surface area contributed by atoms with Crippen LogP contribution >= 0.6 is 0 Å². The van der Waals surface area contributed by atoms with Gasteiger partial charge in [0.15, 0.2) is 0 Å². The number of fused-ring (bicyclic) bond motifs is 2. The van der Waals surface area contributed by atoms with Crippen LogP contribution in [0.4, 0.5) is 0 Å². The maximum atomic E-state index is 13.2. The molecule has 4 aromatic rings. The van der Waals surface area contributed by atoms with E-state index in [-0.39, 0.29) is 43.2 Å². The summed E-state index contributed by atoms with van der Waals surface area (Å²) in [5.41, 5.74) is 4.26. The third-order valence-electron chi connectivity index (χ3n) is 9.75. The van der Waals surface area contributed by atoms with E-state index in [2.05, 4.69) is 16.4 Å². The first-order chi connectivity index (χ1) is 24.3. The number of hydrogen-bond donors (Lipinski definition) is 5. The number of carbonyl (C=O) groups excluding carboxylic acids is 2. The number of benzene rings is 3. The number of H-pyrrole nitrogens is 1. The molecule has 12 nitrogen and oxygen atoms in total. The number of aliphatic hydroxyl groups excluding tert-OH is 3. The molecule has 8 atom stereocenters. The van der Waals surface area contributed by atoms with E-state index in [9.17, 15) is 24.9 Å². The summed E-state index contributed by atoms with van der Waals surface area (Å²) in [5.74, 6) is -1.09. The highest BCUT2D eigenvalue weighted by molar-refractivity contribution is 5.84. The van der Waals surface area contributed by atoms with E-state index in [1.165, 1.54) is 0 Å². The molecule has 0 radical (unpaired) electrons. The Balaban J connectivity index is 0.000000194. The smallest absolute Gasteiger partial charge is 0.326 e. The number of nitrogens with one attached hydrogen (secondary N) is 2. The molecule has 0 spiro atoms. The van der Waals surface area contributed by atoms with Crippen molar-refractivity contribution in [1.82, 2.24) is 20.4 Å². The van der Waals surface area contributed by atoms with E-state index in [0.29, 0.717) is 26.1 Å². The lowest BCUT2D eigenvalue weighted by Crippen LogP contribution is -2.49. The fraction of sp³-hybridized carbons (Fsp3) is 0.421. The number of aliphatic hydroxyl groups is 3. The summed E-state index contributed by atoms with van der Waals surface area (Å²) in [7, 11) is 0. The number of cyclic esters (lactones) is 1. The van der Waals surface area contributed by atoms with Gasteiger partial charge in [-0.15, -0.1) is 0 Å². The van der Waals surface area contributed by atoms with Gasteiger partial charge in [0, 0.05) is 29.6 Å². The minimum Gasteiger partial charge on any atom is -0.461 e. The molecule has 3 saturated heterocycles. The topological polar surface area (TPSA) is 157 Å². The van der Waals surface area contributed by atoms with Crippen molar-refractivity contribution >= 4 is 22.8 Å². The lowest BCUT2D eigenvalue weighted by Gasteiger charge is -2.26. The largest absolute Gasteiger partial charge is 0.461 e. The number of carbonyl (C=O) groups is 2. The van der Waals surface area contributed by atoms with Crippen molar-refractivity contribution in [2.75, 3.05) is 19.8 Å². The van der Waals surface area contributed by atoms with Gasteiger partial charge < -0.3 is 30.4 Å². The highest BCUT2D eigenvalue weighted by Gasteiger charge is 2.56. The first-order valence-corrected chi connectivity index (χ1v) is 17.2. The van der Waals surface area contributed by atoms with Gasteiger partial charge in [-0.05, 0) is 43.0 Å². The minimum atomic E-state index is -0.803. The molecule has 0 saturated carbocycles. The lowest BCUT2D eigenvalue weighted by molar-refractivity contribution is -0.195. The SMILES string of the molecule is C[C@@H]1OC(=O)[C@@H]2[C@H]1[C@H](CO)ON2Cc1ccccc1.C[C@H](O)[C@@H]1[C@H](CO)ON(Cc2ccccc2)[C@@H]1C(=O)NCCc1c[nH]c2ccccc12. The average molecular weight is 687 g/mol. The van der Waals surface area contributed by atoms with Gasteiger partial charge in [0.2, 0.25) is 5.91 Å². The van der Waals surface area contributed by atoms with E-state index in [1.807, 2.05) is 92.0 Å². The van der Waals surface area contributed by atoms with E-state index >= 15 is 0 Å². The quantitative estimate of drug-likeness (QED) is 0.149. The van der Waals surface area contributed by atoms with Gasteiger partial charge in [0.25, 0.3) is 0 Å². The molecule has 50 heavy (non-hydrogen) atoms. The van der Waals surface area contributed by atoms with Gasteiger partial charge >= 0.3 is 5.97 Å². The molecule has 7 rings (SSSR count). The molecular weight excluding hydrogens is 640 g/mol. The fourth-order valence-corrected chi connectivity index (χ4v) is 7.33. The molecule has 0 bridgehead atoms. The predicted molar refractivity (Wildman–Crippen MR) is 185 cm³/mol. The number of esters is 1. The Morgan fingerprint density at radius 1 is 0.880 bits per heavy atom. The number of hydrogen-bond acceptors (Lipinski definition) is 10. The number of ether oxygens (including phenoxy) is 1. The molecule has 3 aliphatic heterocycles. The van der Waals surface area contributed by atoms with Crippen LogP contribution in [0.2, 0.25) is 0 Å². The highest BCUT2D eigenvalue weighted by Crippen LogP contribution is 2.38. The number of para-hydroxylation sites is 1. The first-order valence-electron chi connectivity index (χ1n) is 17.2. The zero-order chi connectivity index (χ0) is 35.2. The molecule has 4 heterocycles. The van der Waals surface area contributed by atoms with Crippen LogP contribution in [0, 0.1) is 11.8 Å². The molecule has 3 aliphatic rings. The summed E-state index contributed by atoms with van der Waals surface area (Å²) in [6, 6.07) is 26.5. The van der Waals surface area contributed by atoms with Crippen molar-refractivity contribution in [3.63, 3.8) is 0 Å². The Kier molecular flexibility index (Phi) is 11.6. The molecule has 1 aromatic heterocycles. The third-order valence-corrected chi connectivity index (χ3v) is 9.75. The van der Waals surface area contributed by atoms with E-state index in [0.717, 1.165) is 27.6 Å². The molecule has 0 unspecified atom stereocenters. The summed E-state index contributed by atoms with van der Waals surface area (Å²) in [6.45, 7) is 4.48. The Bertz CT molecular complexity index is 1700. The second kappa shape index (κ2) is 16.3. The fourth-order valence-electron chi connectivity index (χ4n) is 7.33. The van der Waals surface area contributed by atoms with Crippen LogP contribution in [0.1, 0.15) is 30.5 Å². The highest BCUT2D eigenvalue weighted by atomic mass is 16.7. The molecule has 1 amide bonds. The van der Waals surface area contributed by atoms with Gasteiger partial charge in [0.05, 0.1) is 38.3 Å². The van der Waals surface area contributed by atoms with Crippen LogP contribution in [0.5, 0.6) is 0 Å². The summed E-state index contributed by atoms with van der Waals surface area (Å²) >= 11 is 0. The number of amides is 1. The maximum Gasteiger partial charge on any atom is 0.326 e. The van der Waals surface area contributed by atoms with Crippen molar-refractivity contribution < 1.29 is 39.3 Å². The van der Waals surface area contributed by atoms with Crippen LogP contribution in [0.25, 0.3) is 10.9 Å². The van der Waals surface area contributed by atoms with E-state index in [4.69, 9.17) is 14.4 Å². The number of hydroxylamine groups is 4. The van der Waals surface area contributed by atoms with Gasteiger partial charge in [-0.2, -0.15) is 10.1 Å². The Labute approximate surface area is 291 Å². The van der Waals surface area contributed by atoms with E-state index < -0.39 is 30.2 Å². The lowest BCUT2D eigenvalue weighted by atomic mass is 9.89. The maximum absolute atomic E-state index is 13.2. The predicted octanol–water partition coefficient (Wildman–Crippen LogP) is 2.73. The number of nitrogens with zero attached hydrogens (tertiary/aromatic N) is 2. The first kappa shape index (κ1) is 35.7. The minimum absolute atomic E-state index is 0.0961. The second-order valence-electron chi connectivity index (χ2n) is 13.1. The zero-order valence-electron chi connectivity index (χ0n) is 28.3. The molecule has 266 valence electrons. The van der Waals surface area contributed by atoms with Gasteiger partial charge in [0.1, 0.15) is 30.4 Å². The zero-order valence-corrected chi connectivity index (χ0v) is 28.3. The van der Waals surface area contributed by atoms with Gasteiger partial charge in [-0.25, -0.2) is 0 Å². The molecule has 0 aliphatic carbocycles. The van der Waals surface area contributed by atoms with Crippen LogP contribution in [0.15, 0.2) is 91.1 Å². The van der Waals surface area contributed by atoms with Crippen LogP contribution < -0.4 is 5.32 Å². The molecule has 5 N–H and O–H groups in total. The number of aromatic nitrogens is 1. The standard InChI is InChI=1S/C24H29N3O4.C14H17NO4/c1-16(29)22-21(15-28)31-27(14-17-7-3-2-4-8-17)23(22)24(30)25-12-11-18-13-26-20-10-6-5-9-19(18)20;1-9-12-11(8-16)19-15(13(12)14(17)18-9)7-10-5-3-2-4-6-10/h2-10,13,16,21-23,26,28-29H,11-12,14-15H2,1H3,(H,25,30);2-6,9,11-13,16H,7-8H2,1H3/t16-,21-,22+,23-;9-,11-,12+,13-/m00/s1. The monoisotopic (exact) mass is 686 g/mol. The second-order valence-corrected chi connectivity index (χ2v) is 13.1. The Morgan fingerprint density at radius 2 is 1.48 bits per heavy atom. The molecule has 12 heteroatoms. The molecule has 3 aromatic carbocycles. The van der Waals surface area contributed by atoms with Crippen LogP contribution in [-0.2, 0) is 43.5 Å². The molecule has 3 fully saturated rings. The average Bonchev–Trinajstić information content (AvgIpc) is 3.88. The summed E-state index contributed by atoms with van der Waals surface area (Å²) in [5, 5.41) is 36.9.